The molecule has 104 valence electrons. The van der Waals surface area contributed by atoms with Crippen molar-refractivity contribution < 1.29 is 14.6 Å². The standard InChI is InChI=1S/C16H22O3/c1-12-2-6-14(7-3-12)16(18)19-11-10-13-4-8-15(17)9-5-13/h4-5,8-9,12,14,17H,2-3,6-7,10-11H2,1H3. The van der Waals surface area contributed by atoms with Gasteiger partial charge in [0.15, 0.2) is 0 Å². The van der Waals surface area contributed by atoms with E-state index in [2.05, 4.69) is 6.92 Å². The molecule has 1 N–H and O–H groups in total. The lowest BCUT2D eigenvalue weighted by Gasteiger charge is -2.24. The summed E-state index contributed by atoms with van der Waals surface area (Å²) in [4.78, 5) is 11.9. The van der Waals surface area contributed by atoms with Gasteiger partial charge in [-0.05, 0) is 49.3 Å². The van der Waals surface area contributed by atoms with E-state index in [4.69, 9.17) is 4.74 Å². The lowest BCUT2D eigenvalue weighted by molar-refractivity contribution is -0.149. The number of phenolic OH excluding ortho intramolecular Hbond substituents is 1. The van der Waals surface area contributed by atoms with Crippen molar-refractivity contribution in [1.82, 2.24) is 0 Å². The number of esters is 1. The third kappa shape index (κ3) is 4.27. The van der Waals surface area contributed by atoms with Crippen LogP contribution in [0, 0.1) is 11.8 Å². The van der Waals surface area contributed by atoms with Crippen molar-refractivity contribution in [3.05, 3.63) is 29.8 Å². The van der Waals surface area contributed by atoms with Crippen LogP contribution < -0.4 is 0 Å². The number of aromatic hydroxyl groups is 1. The summed E-state index contributed by atoms with van der Waals surface area (Å²) in [5.41, 5.74) is 1.07. The summed E-state index contributed by atoms with van der Waals surface area (Å²) in [5, 5.41) is 9.18. The highest BCUT2D eigenvalue weighted by molar-refractivity contribution is 5.72. The van der Waals surface area contributed by atoms with Gasteiger partial charge in [0, 0.05) is 6.42 Å². The summed E-state index contributed by atoms with van der Waals surface area (Å²) in [7, 11) is 0. The van der Waals surface area contributed by atoms with Crippen molar-refractivity contribution in [3.63, 3.8) is 0 Å². The van der Waals surface area contributed by atoms with Gasteiger partial charge in [0.2, 0.25) is 0 Å². The van der Waals surface area contributed by atoms with Gasteiger partial charge >= 0.3 is 5.97 Å². The Labute approximate surface area is 114 Å². The molecule has 0 spiro atoms. The Kier molecular flexibility index (Phi) is 4.83. The Morgan fingerprint density at radius 3 is 2.47 bits per heavy atom. The average Bonchev–Trinajstić information content (AvgIpc) is 2.41. The second kappa shape index (κ2) is 6.60. The molecule has 0 radical (unpaired) electrons. The summed E-state index contributed by atoms with van der Waals surface area (Å²) < 4.78 is 5.35. The monoisotopic (exact) mass is 262 g/mol. The van der Waals surface area contributed by atoms with E-state index in [1.54, 1.807) is 12.1 Å². The molecule has 3 nitrogen and oxygen atoms in total. The summed E-state index contributed by atoms with van der Waals surface area (Å²) in [5.74, 6) is 1.08. The lowest BCUT2D eigenvalue weighted by atomic mass is 9.83. The van der Waals surface area contributed by atoms with Crippen molar-refractivity contribution in [2.24, 2.45) is 11.8 Å². The highest BCUT2D eigenvalue weighted by Crippen LogP contribution is 2.29. The molecule has 0 unspecified atom stereocenters. The number of hydrogen-bond acceptors (Lipinski definition) is 3. The molecule has 0 atom stereocenters. The van der Waals surface area contributed by atoms with Gasteiger partial charge in [-0.2, -0.15) is 0 Å². The molecule has 0 aromatic heterocycles. The fourth-order valence-electron chi connectivity index (χ4n) is 2.55. The molecule has 1 fully saturated rings. The molecule has 19 heavy (non-hydrogen) atoms. The van der Waals surface area contributed by atoms with E-state index in [0.29, 0.717) is 13.0 Å². The Bertz CT molecular complexity index is 403. The van der Waals surface area contributed by atoms with Gasteiger partial charge in [-0.25, -0.2) is 0 Å². The van der Waals surface area contributed by atoms with Crippen LogP contribution >= 0.6 is 0 Å². The average molecular weight is 262 g/mol. The SMILES string of the molecule is CC1CCC(C(=O)OCCc2ccc(O)cc2)CC1. The van der Waals surface area contributed by atoms with Gasteiger partial charge in [-0.3, -0.25) is 4.79 Å². The van der Waals surface area contributed by atoms with Crippen LogP contribution in [0.1, 0.15) is 38.2 Å². The first-order valence-electron chi connectivity index (χ1n) is 7.09. The number of carbonyl (C=O) groups excluding carboxylic acids is 1. The van der Waals surface area contributed by atoms with Crippen LogP contribution in [0.3, 0.4) is 0 Å². The van der Waals surface area contributed by atoms with Gasteiger partial charge < -0.3 is 9.84 Å². The van der Waals surface area contributed by atoms with Gasteiger partial charge in [0.25, 0.3) is 0 Å². The maximum atomic E-state index is 11.9. The molecular formula is C16H22O3. The molecule has 0 aliphatic heterocycles. The zero-order chi connectivity index (χ0) is 13.7. The van der Waals surface area contributed by atoms with Gasteiger partial charge in [0.05, 0.1) is 12.5 Å². The van der Waals surface area contributed by atoms with Crippen LogP contribution in [0.4, 0.5) is 0 Å². The lowest BCUT2D eigenvalue weighted by Crippen LogP contribution is -2.23. The Morgan fingerprint density at radius 2 is 1.84 bits per heavy atom. The molecule has 3 heteroatoms. The fraction of sp³-hybridized carbons (Fsp3) is 0.562. The second-order valence-corrected chi connectivity index (χ2v) is 5.54. The minimum atomic E-state index is -0.0364. The predicted octanol–water partition coefficient (Wildman–Crippen LogP) is 3.30. The van der Waals surface area contributed by atoms with Crippen molar-refractivity contribution in [1.29, 1.82) is 0 Å². The molecule has 1 aliphatic rings. The maximum Gasteiger partial charge on any atom is 0.308 e. The number of ether oxygens (including phenoxy) is 1. The van der Waals surface area contributed by atoms with E-state index in [-0.39, 0.29) is 17.6 Å². The van der Waals surface area contributed by atoms with E-state index >= 15 is 0 Å². The van der Waals surface area contributed by atoms with E-state index in [1.807, 2.05) is 12.1 Å². The van der Waals surface area contributed by atoms with Crippen molar-refractivity contribution in [2.45, 2.75) is 39.0 Å². The number of hydrogen-bond donors (Lipinski definition) is 1. The fourth-order valence-corrected chi connectivity index (χ4v) is 2.55. The molecule has 0 amide bonds. The quantitative estimate of drug-likeness (QED) is 0.847. The third-order valence-electron chi connectivity index (χ3n) is 3.92. The van der Waals surface area contributed by atoms with Crippen LogP contribution in [0.15, 0.2) is 24.3 Å². The van der Waals surface area contributed by atoms with Crippen LogP contribution in [0.5, 0.6) is 5.75 Å². The van der Waals surface area contributed by atoms with Gasteiger partial charge in [0.1, 0.15) is 5.75 Å². The highest BCUT2D eigenvalue weighted by atomic mass is 16.5. The molecule has 1 aromatic rings. The number of phenols is 1. The van der Waals surface area contributed by atoms with Gasteiger partial charge in [-0.1, -0.05) is 19.1 Å². The number of carbonyl (C=O) groups is 1. The normalized spacial score (nSPS) is 23.0. The topological polar surface area (TPSA) is 46.5 Å². The maximum absolute atomic E-state index is 11.9. The molecule has 2 rings (SSSR count). The summed E-state index contributed by atoms with van der Waals surface area (Å²) in [6.45, 7) is 2.67. The van der Waals surface area contributed by atoms with Crippen molar-refractivity contribution in [3.8, 4) is 5.75 Å². The van der Waals surface area contributed by atoms with E-state index in [9.17, 15) is 9.90 Å². The van der Waals surface area contributed by atoms with Crippen LogP contribution in [-0.4, -0.2) is 17.7 Å². The molecule has 0 heterocycles. The minimum Gasteiger partial charge on any atom is -0.508 e. The molecule has 1 saturated carbocycles. The summed E-state index contributed by atoms with van der Waals surface area (Å²) in [6, 6.07) is 7.01. The molecular weight excluding hydrogens is 240 g/mol. The second-order valence-electron chi connectivity index (χ2n) is 5.54. The minimum absolute atomic E-state index is 0.0364. The first kappa shape index (κ1) is 13.9. The molecule has 1 aliphatic carbocycles. The number of benzene rings is 1. The third-order valence-corrected chi connectivity index (χ3v) is 3.92. The van der Waals surface area contributed by atoms with E-state index < -0.39 is 0 Å². The van der Waals surface area contributed by atoms with E-state index in [0.717, 1.165) is 37.2 Å². The van der Waals surface area contributed by atoms with Crippen molar-refractivity contribution in [2.75, 3.05) is 6.61 Å². The first-order chi connectivity index (χ1) is 9.15. The Morgan fingerprint density at radius 1 is 1.21 bits per heavy atom. The summed E-state index contributed by atoms with van der Waals surface area (Å²) >= 11 is 0. The zero-order valence-electron chi connectivity index (χ0n) is 11.5. The first-order valence-corrected chi connectivity index (χ1v) is 7.09. The molecule has 0 saturated heterocycles. The van der Waals surface area contributed by atoms with Gasteiger partial charge in [-0.15, -0.1) is 0 Å². The number of rotatable bonds is 4. The summed E-state index contributed by atoms with van der Waals surface area (Å²) in [6.07, 6.45) is 4.92. The van der Waals surface area contributed by atoms with E-state index in [1.165, 1.54) is 0 Å². The largest absolute Gasteiger partial charge is 0.508 e. The zero-order valence-corrected chi connectivity index (χ0v) is 11.5. The van der Waals surface area contributed by atoms with Crippen LogP contribution in [-0.2, 0) is 16.0 Å². The predicted molar refractivity (Wildman–Crippen MR) is 73.9 cm³/mol. The molecule has 0 bridgehead atoms. The Balaban J connectivity index is 1.70. The highest BCUT2D eigenvalue weighted by Gasteiger charge is 2.25. The van der Waals surface area contributed by atoms with Crippen molar-refractivity contribution >= 4 is 5.97 Å². The Hall–Kier alpha value is -1.51. The molecule has 1 aromatic carbocycles. The smallest absolute Gasteiger partial charge is 0.308 e. The van der Waals surface area contributed by atoms with Crippen LogP contribution in [0.25, 0.3) is 0 Å². The van der Waals surface area contributed by atoms with Crippen LogP contribution in [0.2, 0.25) is 0 Å².